The molecule has 0 bridgehead atoms. The molecule has 0 spiro atoms. The molecule has 0 unspecified atom stereocenters. The van der Waals surface area contributed by atoms with Gasteiger partial charge in [-0.15, -0.1) is 0 Å². The van der Waals surface area contributed by atoms with Gasteiger partial charge in [0.25, 0.3) is 0 Å². The number of carbonyl (C=O) groups is 1. The molecule has 0 radical (unpaired) electrons. The Bertz CT molecular complexity index is 746. The van der Waals surface area contributed by atoms with Crippen LogP contribution in [0.2, 0.25) is 0 Å². The second-order valence-corrected chi connectivity index (χ2v) is 9.37. The van der Waals surface area contributed by atoms with Crippen LogP contribution in [0.4, 0.5) is 0 Å². The van der Waals surface area contributed by atoms with Crippen molar-refractivity contribution in [3.63, 3.8) is 0 Å². The number of rotatable bonds is 10. The maximum Gasteiger partial charge on any atom is 0.246 e. The Morgan fingerprint density at radius 1 is 1.15 bits per heavy atom. The lowest BCUT2D eigenvalue weighted by Gasteiger charge is -2.21. The lowest BCUT2D eigenvalue weighted by atomic mass is 10.1. The molecule has 1 saturated carbocycles. The van der Waals surface area contributed by atoms with Crippen LogP contribution >= 0.6 is 0 Å². The van der Waals surface area contributed by atoms with E-state index in [1.165, 1.54) is 4.31 Å². The molecule has 0 aliphatic heterocycles. The van der Waals surface area contributed by atoms with E-state index in [0.29, 0.717) is 25.0 Å². The summed E-state index contributed by atoms with van der Waals surface area (Å²) in [5.74, 6) is 0.612. The zero-order valence-corrected chi connectivity index (χ0v) is 17.7. The molecule has 1 aliphatic carbocycles. The normalized spacial score (nSPS) is 15.0. The third-order valence-electron chi connectivity index (χ3n) is 4.86. The summed E-state index contributed by atoms with van der Waals surface area (Å²) >= 11 is 0. The second-order valence-electron chi connectivity index (χ2n) is 7.44. The maximum atomic E-state index is 12.5. The van der Waals surface area contributed by atoms with Gasteiger partial charge in [0.15, 0.2) is 0 Å². The largest absolute Gasteiger partial charge is 0.336 e. The van der Waals surface area contributed by atoms with Gasteiger partial charge in [-0.3, -0.25) is 4.79 Å². The molecule has 0 aromatic heterocycles. The third-order valence-corrected chi connectivity index (χ3v) is 6.92. The number of hydrogen-bond donors (Lipinski definition) is 0. The SMILES string of the molecule is CCN(CC)S(=O)(=O)c1ccc(/C=C\C(=O)N(CCC(C)C)C2CC2)cc1. The van der Waals surface area contributed by atoms with Crippen LogP contribution in [0.1, 0.15) is 52.5 Å². The van der Waals surface area contributed by atoms with Crippen LogP contribution in [0.25, 0.3) is 6.08 Å². The molecule has 0 heterocycles. The zero-order valence-electron chi connectivity index (χ0n) is 16.9. The number of hydrogen-bond acceptors (Lipinski definition) is 3. The van der Waals surface area contributed by atoms with Gasteiger partial charge in [-0.2, -0.15) is 4.31 Å². The predicted octanol–water partition coefficient (Wildman–Crippen LogP) is 3.77. The fraction of sp³-hybridized carbons (Fsp3) is 0.571. The van der Waals surface area contributed by atoms with Crippen molar-refractivity contribution in [1.82, 2.24) is 9.21 Å². The number of benzene rings is 1. The van der Waals surface area contributed by atoms with Crippen LogP contribution in [0.3, 0.4) is 0 Å². The van der Waals surface area contributed by atoms with Crippen LogP contribution < -0.4 is 0 Å². The molecule has 0 saturated heterocycles. The molecule has 1 amide bonds. The fourth-order valence-electron chi connectivity index (χ4n) is 2.98. The number of carbonyl (C=O) groups excluding carboxylic acids is 1. The second kappa shape index (κ2) is 9.51. The molecule has 1 aromatic carbocycles. The van der Waals surface area contributed by atoms with Gasteiger partial charge in [0.2, 0.25) is 15.9 Å². The van der Waals surface area contributed by atoms with Crippen molar-refractivity contribution in [2.75, 3.05) is 19.6 Å². The summed E-state index contributed by atoms with van der Waals surface area (Å²) in [6.45, 7) is 9.68. The molecule has 0 atom stereocenters. The Kier molecular flexibility index (Phi) is 7.62. The van der Waals surface area contributed by atoms with Crippen molar-refractivity contribution in [1.29, 1.82) is 0 Å². The van der Waals surface area contributed by atoms with Crippen LogP contribution in [0.15, 0.2) is 35.2 Å². The quantitative estimate of drug-likeness (QED) is 0.570. The van der Waals surface area contributed by atoms with Gasteiger partial charge in [0.05, 0.1) is 4.90 Å². The minimum Gasteiger partial charge on any atom is -0.336 e. The number of nitrogens with zero attached hydrogens (tertiary/aromatic N) is 2. The molecule has 150 valence electrons. The van der Waals surface area contributed by atoms with Crippen LogP contribution in [0.5, 0.6) is 0 Å². The van der Waals surface area contributed by atoms with E-state index < -0.39 is 10.0 Å². The highest BCUT2D eigenvalue weighted by molar-refractivity contribution is 7.89. The predicted molar refractivity (Wildman–Crippen MR) is 110 cm³/mol. The van der Waals surface area contributed by atoms with E-state index in [1.807, 2.05) is 18.7 Å². The van der Waals surface area contributed by atoms with E-state index in [1.54, 1.807) is 36.4 Å². The van der Waals surface area contributed by atoms with Gasteiger partial charge in [-0.25, -0.2) is 8.42 Å². The third kappa shape index (κ3) is 5.91. The molecule has 0 N–H and O–H groups in total. The Morgan fingerprint density at radius 2 is 1.74 bits per heavy atom. The smallest absolute Gasteiger partial charge is 0.246 e. The molecule has 1 aromatic rings. The molecule has 27 heavy (non-hydrogen) atoms. The number of sulfonamides is 1. The average molecular weight is 393 g/mol. The lowest BCUT2D eigenvalue weighted by molar-refractivity contribution is -0.126. The summed E-state index contributed by atoms with van der Waals surface area (Å²) in [6.07, 6.45) is 6.56. The summed E-state index contributed by atoms with van der Waals surface area (Å²) < 4.78 is 26.5. The average Bonchev–Trinajstić information content (AvgIpc) is 3.46. The van der Waals surface area contributed by atoms with Gasteiger partial charge >= 0.3 is 0 Å². The molecule has 2 rings (SSSR count). The Morgan fingerprint density at radius 3 is 2.22 bits per heavy atom. The highest BCUT2D eigenvalue weighted by Gasteiger charge is 2.31. The van der Waals surface area contributed by atoms with E-state index in [9.17, 15) is 13.2 Å². The Labute approximate surface area is 164 Å². The summed E-state index contributed by atoms with van der Waals surface area (Å²) in [5, 5.41) is 0. The first-order chi connectivity index (χ1) is 12.8. The minimum absolute atomic E-state index is 0.0398. The van der Waals surface area contributed by atoms with Gasteiger partial charge in [-0.05, 0) is 49.0 Å². The van der Waals surface area contributed by atoms with Gasteiger partial charge in [0.1, 0.15) is 0 Å². The van der Waals surface area contributed by atoms with Gasteiger partial charge in [0, 0.05) is 31.8 Å². The molecular weight excluding hydrogens is 360 g/mol. The standard InChI is InChI=1S/C21H32N2O3S/c1-5-22(6-2)27(25,26)20-12-7-18(8-13-20)9-14-21(24)23(19-10-11-19)16-15-17(3)4/h7-9,12-14,17,19H,5-6,10-11,15-16H2,1-4H3/b14-9-. The summed E-state index contributed by atoms with van der Waals surface area (Å²) in [4.78, 5) is 14.8. The minimum atomic E-state index is -3.45. The topological polar surface area (TPSA) is 57.7 Å². The van der Waals surface area contributed by atoms with Gasteiger partial charge < -0.3 is 4.90 Å². The summed E-state index contributed by atoms with van der Waals surface area (Å²) in [6, 6.07) is 7.10. The van der Waals surface area contributed by atoms with E-state index in [-0.39, 0.29) is 10.8 Å². The maximum absolute atomic E-state index is 12.5. The van der Waals surface area contributed by atoms with Crippen molar-refractivity contribution in [3.8, 4) is 0 Å². The van der Waals surface area contributed by atoms with Crippen molar-refractivity contribution < 1.29 is 13.2 Å². The highest BCUT2D eigenvalue weighted by Crippen LogP contribution is 2.28. The van der Waals surface area contributed by atoms with Crippen LogP contribution in [-0.4, -0.2) is 49.2 Å². The van der Waals surface area contributed by atoms with Crippen molar-refractivity contribution >= 4 is 22.0 Å². The van der Waals surface area contributed by atoms with E-state index in [0.717, 1.165) is 31.4 Å². The summed E-state index contributed by atoms with van der Waals surface area (Å²) in [7, 11) is -3.45. The highest BCUT2D eigenvalue weighted by atomic mass is 32.2. The van der Waals surface area contributed by atoms with Gasteiger partial charge in [-0.1, -0.05) is 39.8 Å². The summed E-state index contributed by atoms with van der Waals surface area (Å²) in [5.41, 5.74) is 0.821. The van der Waals surface area contributed by atoms with E-state index in [4.69, 9.17) is 0 Å². The van der Waals surface area contributed by atoms with Crippen molar-refractivity contribution in [2.45, 2.75) is 57.9 Å². The van der Waals surface area contributed by atoms with Crippen molar-refractivity contribution in [2.24, 2.45) is 5.92 Å². The monoisotopic (exact) mass is 392 g/mol. The molecular formula is C21H32N2O3S. The first-order valence-electron chi connectivity index (χ1n) is 9.88. The fourth-order valence-corrected chi connectivity index (χ4v) is 4.44. The molecule has 1 fully saturated rings. The Balaban J connectivity index is 2.05. The zero-order chi connectivity index (χ0) is 20.0. The first-order valence-corrected chi connectivity index (χ1v) is 11.3. The van der Waals surface area contributed by atoms with E-state index >= 15 is 0 Å². The van der Waals surface area contributed by atoms with E-state index in [2.05, 4.69) is 13.8 Å². The van der Waals surface area contributed by atoms with Crippen molar-refractivity contribution in [3.05, 3.63) is 35.9 Å². The molecule has 6 heteroatoms. The number of amides is 1. The molecule has 1 aliphatic rings. The first kappa shape index (κ1) is 21.6. The lowest BCUT2D eigenvalue weighted by Crippen LogP contribution is -2.33. The Hall–Kier alpha value is -1.66. The van der Waals surface area contributed by atoms with Crippen LogP contribution in [-0.2, 0) is 14.8 Å². The molecule has 5 nitrogen and oxygen atoms in total. The van der Waals surface area contributed by atoms with Crippen LogP contribution in [0, 0.1) is 5.92 Å².